The average molecular weight is 427 g/mol. The topological polar surface area (TPSA) is 70.7 Å². The number of carbonyl (C=O) groups is 2. The minimum Gasteiger partial charge on any atom is -0.406 e. The fourth-order valence-electron chi connectivity index (χ4n) is 3.02. The second-order valence-electron chi connectivity index (χ2n) is 6.58. The number of piperidine rings is 1. The number of nitrogens with one attached hydrogen (secondary N) is 2. The SMILES string of the molecule is O=C(NCc1ccc(OC(F)(F)F)cc1)C1CCN(C(=O)Nc2cccs2)CC1. The van der Waals surface area contributed by atoms with Gasteiger partial charge in [-0.25, -0.2) is 4.79 Å². The molecule has 1 aliphatic heterocycles. The van der Waals surface area contributed by atoms with Crippen LogP contribution in [-0.4, -0.2) is 36.3 Å². The number of hydrogen-bond acceptors (Lipinski definition) is 4. The highest BCUT2D eigenvalue weighted by atomic mass is 32.1. The summed E-state index contributed by atoms with van der Waals surface area (Å²) in [7, 11) is 0. The molecule has 2 heterocycles. The molecule has 0 unspecified atom stereocenters. The summed E-state index contributed by atoms with van der Waals surface area (Å²) in [5, 5.41) is 8.28. The van der Waals surface area contributed by atoms with E-state index in [-0.39, 0.29) is 30.2 Å². The summed E-state index contributed by atoms with van der Waals surface area (Å²) in [6.07, 6.45) is -3.62. The number of halogens is 3. The summed E-state index contributed by atoms with van der Waals surface area (Å²) < 4.78 is 40.3. The summed E-state index contributed by atoms with van der Waals surface area (Å²) in [5.41, 5.74) is 0.667. The molecule has 0 atom stereocenters. The minimum atomic E-state index is -4.73. The van der Waals surface area contributed by atoms with E-state index in [9.17, 15) is 22.8 Å². The molecule has 1 saturated heterocycles. The maximum atomic E-state index is 12.4. The maximum absolute atomic E-state index is 12.4. The summed E-state index contributed by atoms with van der Waals surface area (Å²) in [4.78, 5) is 26.2. The molecule has 29 heavy (non-hydrogen) atoms. The zero-order chi connectivity index (χ0) is 20.9. The number of thiophene rings is 1. The highest BCUT2D eigenvalue weighted by molar-refractivity contribution is 7.14. The van der Waals surface area contributed by atoms with E-state index in [1.54, 1.807) is 4.90 Å². The summed E-state index contributed by atoms with van der Waals surface area (Å²) in [5.74, 6) is -0.631. The van der Waals surface area contributed by atoms with Crippen LogP contribution in [0.3, 0.4) is 0 Å². The van der Waals surface area contributed by atoms with E-state index in [0.717, 1.165) is 5.00 Å². The van der Waals surface area contributed by atoms with Crippen LogP contribution in [0.1, 0.15) is 18.4 Å². The summed E-state index contributed by atoms with van der Waals surface area (Å²) in [6.45, 7) is 1.18. The van der Waals surface area contributed by atoms with Crippen molar-refractivity contribution in [1.29, 1.82) is 0 Å². The van der Waals surface area contributed by atoms with Gasteiger partial charge in [-0.1, -0.05) is 12.1 Å². The van der Waals surface area contributed by atoms with Gasteiger partial charge in [0, 0.05) is 25.6 Å². The Labute approximate surface area is 169 Å². The monoisotopic (exact) mass is 427 g/mol. The van der Waals surface area contributed by atoms with Crippen molar-refractivity contribution in [3.05, 3.63) is 47.3 Å². The highest BCUT2D eigenvalue weighted by Crippen LogP contribution is 2.23. The van der Waals surface area contributed by atoms with Crippen LogP contribution in [0.25, 0.3) is 0 Å². The zero-order valence-corrected chi connectivity index (χ0v) is 16.2. The Bertz CT molecular complexity index is 817. The smallest absolute Gasteiger partial charge is 0.406 e. The molecule has 1 fully saturated rings. The molecule has 1 aromatic carbocycles. The molecule has 0 radical (unpaired) electrons. The van der Waals surface area contributed by atoms with E-state index in [0.29, 0.717) is 31.5 Å². The first-order chi connectivity index (χ1) is 13.8. The number of rotatable bonds is 5. The van der Waals surface area contributed by atoms with Crippen molar-refractivity contribution in [2.45, 2.75) is 25.7 Å². The van der Waals surface area contributed by atoms with Crippen LogP contribution in [0.15, 0.2) is 41.8 Å². The predicted molar refractivity (Wildman–Crippen MR) is 103 cm³/mol. The molecule has 3 amide bonds. The number of ether oxygens (including phenoxy) is 1. The molecule has 3 rings (SSSR count). The number of hydrogen-bond donors (Lipinski definition) is 2. The maximum Gasteiger partial charge on any atom is 0.573 e. The van der Waals surface area contributed by atoms with Gasteiger partial charge in [-0.05, 0) is 48.1 Å². The fourth-order valence-corrected chi connectivity index (χ4v) is 3.63. The number of benzene rings is 1. The molecule has 1 aromatic heterocycles. The third-order valence-electron chi connectivity index (χ3n) is 4.53. The van der Waals surface area contributed by atoms with Crippen LogP contribution in [0.4, 0.5) is 23.0 Å². The number of urea groups is 1. The fraction of sp³-hybridized carbons (Fsp3) is 0.368. The van der Waals surface area contributed by atoms with Crippen molar-refractivity contribution in [2.75, 3.05) is 18.4 Å². The Kier molecular flexibility index (Phi) is 6.63. The molecular formula is C19H20F3N3O3S. The predicted octanol–water partition coefficient (Wildman–Crippen LogP) is 4.21. The van der Waals surface area contributed by atoms with Gasteiger partial charge in [-0.2, -0.15) is 0 Å². The molecule has 0 saturated carbocycles. The Morgan fingerprint density at radius 2 is 1.83 bits per heavy atom. The lowest BCUT2D eigenvalue weighted by molar-refractivity contribution is -0.274. The van der Waals surface area contributed by atoms with Crippen molar-refractivity contribution < 1.29 is 27.5 Å². The van der Waals surface area contributed by atoms with Crippen molar-refractivity contribution in [2.24, 2.45) is 5.92 Å². The largest absolute Gasteiger partial charge is 0.573 e. The van der Waals surface area contributed by atoms with E-state index in [1.165, 1.54) is 35.6 Å². The second-order valence-corrected chi connectivity index (χ2v) is 7.53. The summed E-state index contributed by atoms with van der Waals surface area (Å²) >= 11 is 1.44. The average Bonchev–Trinajstić information content (AvgIpc) is 3.19. The molecule has 2 N–H and O–H groups in total. The lowest BCUT2D eigenvalue weighted by Gasteiger charge is -2.31. The number of nitrogens with zero attached hydrogens (tertiary/aromatic N) is 1. The second kappa shape index (κ2) is 9.17. The normalized spacial score (nSPS) is 15.1. The van der Waals surface area contributed by atoms with Crippen LogP contribution in [0.5, 0.6) is 5.75 Å². The summed E-state index contributed by atoms with van der Waals surface area (Å²) in [6, 6.07) is 8.86. The van der Waals surface area contributed by atoms with E-state index >= 15 is 0 Å². The van der Waals surface area contributed by atoms with E-state index in [4.69, 9.17) is 0 Å². The molecule has 0 bridgehead atoms. The van der Waals surface area contributed by atoms with Gasteiger partial charge in [-0.15, -0.1) is 24.5 Å². The molecule has 0 aliphatic carbocycles. The third kappa shape index (κ3) is 6.38. The Morgan fingerprint density at radius 1 is 1.14 bits per heavy atom. The Hall–Kier alpha value is -2.75. The van der Waals surface area contributed by atoms with Crippen molar-refractivity contribution in [3.63, 3.8) is 0 Å². The van der Waals surface area contributed by atoms with Crippen LogP contribution in [0.2, 0.25) is 0 Å². The van der Waals surface area contributed by atoms with Crippen LogP contribution in [0, 0.1) is 5.92 Å². The molecule has 10 heteroatoms. The van der Waals surface area contributed by atoms with Crippen molar-refractivity contribution >= 4 is 28.3 Å². The number of anilines is 1. The van der Waals surface area contributed by atoms with Gasteiger partial charge in [0.1, 0.15) is 5.75 Å². The van der Waals surface area contributed by atoms with Gasteiger partial charge >= 0.3 is 12.4 Å². The van der Waals surface area contributed by atoms with Gasteiger partial charge in [0.25, 0.3) is 0 Å². The first-order valence-electron chi connectivity index (χ1n) is 9.02. The molecule has 1 aliphatic rings. The standard InChI is InChI=1S/C19H20F3N3O3S/c20-19(21,22)28-15-5-3-13(4-6-15)12-23-17(26)14-7-9-25(10-8-14)18(27)24-16-2-1-11-29-16/h1-6,11,14H,7-10,12H2,(H,23,26)(H,24,27). The lowest BCUT2D eigenvalue weighted by atomic mass is 9.96. The Balaban J connectivity index is 1.41. The number of amides is 3. The third-order valence-corrected chi connectivity index (χ3v) is 5.31. The number of carbonyl (C=O) groups excluding carboxylic acids is 2. The van der Waals surface area contributed by atoms with Crippen LogP contribution < -0.4 is 15.4 Å². The van der Waals surface area contributed by atoms with E-state index in [1.807, 2.05) is 17.5 Å². The number of alkyl halides is 3. The van der Waals surface area contributed by atoms with Gasteiger partial charge in [-0.3, -0.25) is 10.1 Å². The minimum absolute atomic E-state index is 0.126. The quantitative estimate of drug-likeness (QED) is 0.751. The lowest BCUT2D eigenvalue weighted by Crippen LogP contribution is -2.44. The van der Waals surface area contributed by atoms with Crippen molar-refractivity contribution in [1.82, 2.24) is 10.2 Å². The van der Waals surface area contributed by atoms with Gasteiger partial charge in [0.15, 0.2) is 0 Å². The van der Waals surface area contributed by atoms with Gasteiger partial charge in [0.2, 0.25) is 5.91 Å². The van der Waals surface area contributed by atoms with E-state index in [2.05, 4.69) is 15.4 Å². The Morgan fingerprint density at radius 3 is 2.41 bits per heavy atom. The van der Waals surface area contributed by atoms with Gasteiger partial charge in [0.05, 0.1) is 5.00 Å². The molecule has 156 valence electrons. The molecular weight excluding hydrogens is 407 g/mol. The van der Waals surface area contributed by atoms with E-state index < -0.39 is 6.36 Å². The van der Waals surface area contributed by atoms with Crippen LogP contribution >= 0.6 is 11.3 Å². The number of likely N-dealkylation sites (tertiary alicyclic amines) is 1. The molecule has 2 aromatic rings. The van der Waals surface area contributed by atoms with Crippen LogP contribution in [-0.2, 0) is 11.3 Å². The molecule has 6 nitrogen and oxygen atoms in total. The first kappa shape index (κ1) is 21.0. The highest BCUT2D eigenvalue weighted by Gasteiger charge is 2.31. The first-order valence-corrected chi connectivity index (χ1v) is 9.90. The van der Waals surface area contributed by atoms with Crippen molar-refractivity contribution in [3.8, 4) is 5.75 Å². The van der Waals surface area contributed by atoms with Gasteiger partial charge < -0.3 is 15.0 Å². The molecule has 0 spiro atoms. The zero-order valence-electron chi connectivity index (χ0n) is 15.4.